The molecule has 5 aliphatic heterocycles. The number of sulfonamides is 1. The van der Waals surface area contributed by atoms with Crippen LogP contribution in [0.1, 0.15) is 85.3 Å². The van der Waals surface area contributed by atoms with Crippen LogP contribution in [0, 0.1) is 28.4 Å². The molecule has 1 spiro atoms. The second-order valence-corrected chi connectivity index (χ2v) is 21.2. The van der Waals surface area contributed by atoms with E-state index in [1.807, 2.05) is 30.5 Å². The quantitative estimate of drug-likeness (QED) is 0.0856. The van der Waals surface area contributed by atoms with Gasteiger partial charge in [0.25, 0.3) is 21.6 Å². The number of aromatic amines is 1. The van der Waals surface area contributed by atoms with E-state index >= 15 is 0 Å². The minimum atomic E-state index is -4.58. The molecule has 2 aromatic heterocycles. The molecule has 1 saturated carbocycles. The largest absolute Gasteiger partial charge is 0.468 e. The highest BCUT2D eigenvalue weighted by Gasteiger charge is 2.50. The monoisotopic (exact) mass is 930 g/mol. The van der Waals surface area contributed by atoms with Gasteiger partial charge in [0.15, 0.2) is 0 Å². The van der Waals surface area contributed by atoms with Crippen molar-refractivity contribution < 1.29 is 32.3 Å². The Morgan fingerprint density at radius 3 is 2.55 bits per heavy atom. The standard InChI is InChI=1S/C50H58N8O8S/c1-32-5-2-3-6-38(32)41-7-4-19-56(41)36-28-50(29-36)16-20-55(21-17-50)35-8-10-39(43(26-35)57-42-15-24-65-31-46(42)66-49-45(57)25-34-12-18-51-47(34)53-49)48(59)54-67(62,63)37-9-11-40(44(27-37)58(60)61)52-30-33-13-22-64-23-14-33/h2-3,5-6,8-12,18,25-27,33,36,41-42,46,52H,4,7,13-17,19-24,28-31H2,1H3,(H,51,53)(H,54,59)/t41-,42-,46+/m0/s1. The SMILES string of the molecule is Cc1ccccc1[C@@H]1CCCN1C1CC2(CCN(c3ccc(C(=O)NS(=O)(=O)c4ccc(NCC5CCOCC5)c([N+](=O)[O-])c4)c(N4c5cc6cc[nH]c6nc5O[C@@H]5COCC[C@@H]54)c3)CC2)C1. The molecular formula is C50H58N8O8S. The highest BCUT2D eigenvalue weighted by molar-refractivity contribution is 7.90. The van der Waals surface area contributed by atoms with Gasteiger partial charge in [0.05, 0.1) is 33.7 Å². The van der Waals surface area contributed by atoms with Gasteiger partial charge in [0.2, 0.25) is 5.88 Å². The van der Waals surface area contributed by atoms with Crippen molar-refractivity contribution in [2.24, 2.45) is 11.3 Å². The van der Waals surface area contributed by atoms with E-state index in [4.69, 9.17) is 19.2 Å². The van der Waals surface area contributed by atoms with Crippen LogP contribution in [0.15, 0.2) is 83.9 Å². The number of amides is 1. The third kappa shape index (κ3) is 8.37. The maximum atomic E-state index is 14.6. The van der Waals surface area contributed by atoms with Crippen LogP contribution in [0.4, 0.5) is 28.4 Å². The first kappa shape index (κ1) is 43.8. The average molecular weight is 931 g/mol. The van der Waals surface area contributed by atoms with Gasteiger partial charge in [-0.1, -0.05) is 24.3 Å². The number of hydrogen-bond donors (Lipinski definition) is 3. The number of benzene rings is 3. The topological polar surface area (TPSA) is 184 Å². The summed E-state index contributed by atoms with van der Waals surface area (Å²) >= 11 is 0. The maximum Gasteiger partial charge on any atom is 0.293 e. The lowest BCUT2D eigenvalue weighted by molar-refractivity contribution is -0.384. The maximum absolute atomic E-state index is 14.6. The summed E-state index contributed by atoms with van der Waals surface area (Å²) in [5, 5.41) is 16.3. The van der Waals surface area contributed by atoms with Crippen molar-refractivity contribution in [3.8, 4) is 5.88 Å². The molecule has 3 N–H and O–H groups in total. The third-order valence-electron chi connectivity index (χ3n) is 15.6. The molecule has 11 rings (SSSR count). The van der Waals surface area contributed by atoms with Crippen LogP contribution in [0.5, 0.6) is 5.88 Å². The van der Waals surface area contributed by atoms with Gasteiger partial charge < -0.3 is 34.3 Å². The van der Waals surface area contributed by atoms with Crippen molar-refractivity contribution in [1.29, 1.82) is 0 Å². The molecule has 16 nitrogen and oxygen atoms in total. The molecule has 5 aromatic rings. The number of fused-ring (bicyclic) bond motifs is 3. The second kappa shape index (κ2) is 17.7. The zero-order valence-corrected chi connectivity index (χ0v) is 38.6. The van der Waals surface area contributed by atoms with Crippen molar-refractivity contribution in [2.45, 2.75) is 93.8 Å². The Kier molecular flexibility index (Phi) is 11.6. The summed E-state index contributed by atoms with van der Waals surface area (Å²) in [5.74, 6) is -0.204. The number of H-pyrrole nitrogens is 1. The summed E-state index contributed by atoms with van der Waals surface area (Å²) in [4.78, 5) is 41.2. The Labute approximate surface area is 390 Å². The van der Waals surface area contributed by atoms with Gasteiger partial charge >= 0.3 is 0 Å². The molecule has 1 amide bonds. The number of aryl methyl sites for hydroxylation is 1. The van der Waals surface area contributed by atoms with Gasteiger partial charge in [-0.15, -0.1) is 0 Å². The van der Waals surface area contributed by atoms with Crippen LogP contribution in [-0.2, 0) is 19.5 Å². The number of anilines is 4. The smallest absolute Gasteiger partial charge is 0.293 e. The predicted molar refractivity (Wildman–Crippen MR) is 255 cm³/mol. The summed E-state index contributed by atoms with van der Waals surface area (Å²) in [6.45, 7) is 7.64. The summed E-state index contributed by atoms with van der Waals surface area (Å²) in [7, 11) is -4.58. The number of piperidine rings is 1. The number of likely N-dealkylation sites (tertiary alicyclic amines) is 1. The Hall–Kier alpha value is -5.75. The lowest BCUT2D eigenvalue weighted by Gasteiger charge is -2.56. The summed E-state index contributed by atoms with van der Waals surface area (Å²) < 4.78 is 48.3. The molecule has 6 aliphatic rings. The zero-order chi connectivity index (χ0) is 45.9. The van der Waals surface area contributed by atoms with Crippen LogP contribution < -0.4 is 24.6 Å². The van der Waals surface area contributed by atoms with Crippen LogP contribution in [0.3, 0.4) is 0 Å². The van der Waals surface area contributed by atoms with Gasteiger partial charge in [-0.2, -0.15) is 4.98 Å². The van der Waals surface area contributed by atoms with E-state index in [0.29, 0.717) is 79.8 Å². The number of ether oxygens (including phenoxy) is 3. The number of nitro groups is 1. The normalized spacial score (nSPS) is 23.3. The summed E-state index contributed by atoms with van der Waals surface area (Å²) in [6, 6.07) is 22.9. The number of nitrogens with zero attached hydrogens (tertiary/aromatic N) is 5. The fourth-order valence-corrected chi connectivity index (χ4v) is 12.8. The fraction of sp³-hybridized carbons (Fsp3) is 0.480. The number of pyridine rings is 1. The Morgan fingerprint density at radius 2 is 1.75 bits per heavy atom. The van der Waals surface area contributed by atoms with E-state index in [1.165, 1.54) is 48.9 Å². The first-order valence-corrected chi connectivity index (χ1v) is 25.4. The molecule has 7 heterocycles. The highest BCUT2D eigenvalue weighted by Crippen LogP contribution is 2.54. The molecule has 5 fully saturated rings. The van der Waals surface area contributed by atoms with E-state index in [1.54, 1.807) is 6.07 Å². The number of hydrogen-bond acceptors (Lipinski definition) is 13. The molecule has 3 aromatic carbocycles. The Bertz CT molecular complexity index is 2800. The Balaban J connectivity index is 0.879. The van der Waals surface area contributed by atoms with Crippen LogP contribution >= 0.6 is 0 Å². The van der Waals surface area contributed by atoms with E-state index < -0.39 is 37.5 Å². The van der Waals surface area contributed by atoms with Crippen molar-refractivity contribution in [3.63, 3.8) is 0 Å². The molecule has 4 saturated heterocycles. The minimum absolute atomic E-state index is 0.132. The van der Waals surface area contributed by atoms with Crippen LogP contribution in [0.2, 0.25) is 0 Å². The van der Waals surface area contributed by atoms with Gasteiger partial charge in [-0.3, -0.25) is 19.8 Å². The molecule has 352 valence electrons. The molecule has 67 heavy (non-hydrogen) atoms. The van der Waals surface area contributed by atoms with E-state index in [9.17, 15) is 23.3 Å². The number of carbonyl (C=O) groups excluding carboxylic acids is 1. The number of carbonyl (C=O) groups is 1. The average Bonchev–Trinajstić information content (AvgIpc) is 4.01. The zero-order valence-electron chi connectivity index (χ0n) is 37.8. The number of aromatic nitrogens is 2. The molecule has 0 unspecified atom stereocenters. The predicted octanol–water partition coefficient (Wildman–Crippen LogP) is 8.01. The molecule has 3 atom stereocenters. The lowest BCUT2D eigenvalue weighted by Crippen LogP contribution is -2.55. The fourth-order valence-electron chi connectivity index (χ4n) is 11.8. The van der Waals surface area contributed by atoms with E-state index in [0.717, 1.165) is 62.5 Å². The first-order valence-electron chi connectivity index (χ1n) is 23.9. The van der Waals surface area contributed by atoms with Gasteiger partial charge in [0, 0.05) is 74.9 Å². The number of nitrogens with one attached hydrogen (secondary N) is 3. The molecule has 17 heteroatoms. The third-order valence-corrected chi connectivity index (χ3v) is 16.9. The van der Waals surface area contributed by atoms with Crippen molar-refractivity contribution in [3.05, 3.63) is 106 Å². The number of nitro benzene ring substituents is 1. The summed E-state index contributed by atoms with van der Waals surface area (Å²) in [5.41, 5.74) is 5.86. The van der Waals surface area contributed by atoms with Crippen LogP contribution in [-0.4, -0.2) is 105 Å². The second-order valence-electron chi connectivity index (χ2n) is 19.5. The Morgan fingerprint density at radius 1 is 0.940 bits per heavy atom. The molecule has 1 aliphatic carbocycles. The lowest BCUT2D eigenvalue weighted by atomic mass is 9.59. The molecular weight excluding hydrogens is 873 g/mol. The van der Waals surface area contributed by atoms with E-state index in [-0.39, 0.29) is 23.2 Å². The minimum Gasteiger partial charge on any atom is -0.468 e. The van der Waals surface area contributed by atoms with Gasteiger partial charge in [-0.25, -0.2) is 13.1 Å². The van der Waals surface area contributed by atoms with Crippen molar-refractivity contribution in [2.75, 3.05) is 67.7 Å². The molecule has 0 radical (unpaired) electrons. The van der Waals surface area contributed by atoms with E-state index in [2.05, 4.69) is 60.9 Å². The van der Waals surface area contributed by atoms with Gasteiger partial charge in [0.1, 0.15) is 23.1 Å². The number of rotatable bonds is 11. The summed E-state index contributed by atoms with van der Waals surface area (Å²) in [6.07, 6.45) is 10.6. The molecule has 0 bridgehead atoms. The first-order chi connectivity index (χ1) is 32.5. The van der Waals surface area contributed by atoms with Crippen LogP contribution in [0.25, 0.3) is 11.0 Å². The van der Waals surface area contributed by atoms with Crippen molar-refractivity contribution >= 4 is 55.4 Å². The van der Waals surface area contributed by atoms with Gasteiger partial charge in [-0.05, 0) is 136 Å². The van der Waals surface area contributed by atoms with Crippen molar-refractivity contribution in [1.82, 2.24) is 19.6 Å². The highest BCUT2D eigenvalue weighted by atomic mass is 32.2.